The van der Waals surface area contributed by atoms with E-state index in [1.807, 2.05) is 26.0 Å². The van der Waals surface area contributed by atoms with Crippen LogP contribution in [0.2, 0.25) is 5.02 Å². The van der Waals surface area contributed by atoms with Crippen LogP contribution < -0.4 is 14.8 Å². The van der Waals surface area contributed by atoms with Crippen LogP contribution in [0.15, 0.2) is 36.4 Å². The maximum absolute atomic E-state index is 6.34. The Morgan fingerprint density at radius 2 is 1.61 bits per heavy atom. The van der Waals surface area contributed by atoms with E-state index in [9.17, 15) is 0 Å². The van der Waals surface area contributed by atoms with Crippen LogP contribution in [-0.4, -0.2) is 13.2 Å². The van der Waals surface area contributed by atoms with E-state index in [1.165, 1.54) is 5.56 Å². The Bertz CT molecular complexity index is 626. The molecule has 0 saturated heterocycles. The number of hydrogen-bond acceptors (Lipinski definition) is 3. The Hall–Kier alpha value is -1.87. The molecule has 0 aliphatic rings. The van der Waals surface area contributed by atoms with E-state index >= 15 is 0 Å². The SMILES string of the molecule is CCOc1cc(CNc2ccc(CC)cc2)cc(Cl)c1OCC. The van der Waals surface area contributed by atoms with Gasteiger partial charge in [0.2, 0.25) is 0 Å². The van der Waals surface area contributed by atoms with E-state index in [1.54, 1.807) is 0 Å². The molecule has 23 heavy (non-hydrogen) atoms. The van der Waals surface area contributed by atoms with Gasteiger partial charge < -0.3 is 14.8 Å². The van der Waals surface area contributed by atoms with Gasteiger partial charge in [0, 0.05) is 12.2 Å². The Balaban J connectivity index is 2.12. The number of anilines is 1. The molecule has 0 radical (unpaired) electrons. The second kappa shape index (κ2) is 8.68. The van der Waals surface area contributed by atoms with Crippen molar-refractivity contribution in [2.24, 2.45) is 0 Å². The molecule has 0 fully saturated rings. The van der Waals surface area contributed by atoms with Gasteiger partial charge in [0.15, 0.2) is 11.5 Å². The lowest BCUT2D eigenvalue weighted by molar-refractivity contribution is 0.287. The van der Waals surface area contributed by atoms with Crippen LogP contribution in [0, 0.1) is 0 Å². The van der Waals surface area contributed by atoms with Crippen LogP contribution in [0.3, 0.4) is 0 Å². The van der Waals surface area contributed by atoms with Crippen molar-refractivity contribution >= 4 is 17.3 Å². The summed E-state index contributed by atoms with van der Waals surface area (Å²) < 4.78 is 11.2. The molecule has 0 aromatic heterocycles. The number of benzene rings is 2. The summed E-state index contributed by atoms with van der Waals surface area (Å²) in [6.07, 6.45) is 1.05. The third kappa shape index (κ3) is 4.80. The summed E-state index contributed by atoms with van der Waals surface area (Å²) in [7, 11) is 0. The molecule has 0 unspecified atom stereocenters. The van der Waals surface area contributed by atoms with E-state index in [2.05, 4.69) is 36.5 Å². The lowest BCUT2D eigenvalue weighted by Crippen LogP contribution is -2.03. The summed E-state index contributed by atoms with van der Waals surface area (Å²) >= 11 is 6.34. The number of halogens is 1. The van der Waals surface area contributed by atoms with Gasteiger partial charge in [-0.05, 0) is 55.7 Å². The molecular formula is C19H24ClNO2. The van der Waals surface area contributed by atoms with E-state index < -0.39 is 0 Å². The lowest BCUT2D eigenvalue weighted by atomic mass is 10.1. The third-order valence-electron chi connectivity index (χ3n) is 3.52. The van der Waals surface area contributed by atoms with Crippen LogP contribution in [-0.2, 0) is 13.0 Å². The van der Waals surface area contributed by atoms with Crippen molar-refractivity contribution in [2.45, 2.75) is 33.7 Å². The second-order valence-corrected chi connectivity index (χ2v) is 5.58. The lowest BCUT2D eigenvalue weighted by Gasteiger charge is -2.15. The van der Waals surface area contributed by atoms with Gasteiger partial charge in [-0.1, -0.05) is 30.7 Å². The molecule has 0 spiro atoms. The van der Waals surface area contributed by atoms with E-state index in [0.29, 0.717) is 36.3 Å². The van der Waals surface area contributed by atoms with Crippen LogP contribution in [0.1, 0.15) is 31.9 Å². The summed E-state index contributed by atoms with van der Waals surface area (Å²) in [4.78, 5) is 0. The zero-order chi connectivity index (χ0) is 16.7. The average Bonchev–Trinajstić information content (AvgIpc) is 2.57. The van der Waals surface area contributed by atoms with Gasteiger partial charge in [-0.15, -0.1) is 0 Å². The predicted molar refractivity (Wildman–Crippen MR) is 96.9 cm³/mol. The number of rotatable bonds is 8. The summed E-state index contributed by atoms with van der Waals surface area (Å²) in [5, 5.41) is 3.98. The fraction of sp³-hybridized carbons (Fsp3) is 0.368. The first-order valence-electron chi connectivity index (χ1n) is 8.08. The molecule has 3 nitrogen and oxygen atoms in total. The molecule has 4 heteroatoms. The normalized spacial score (nSPS) is 10.4. The number of hydrogen-bond donors (Lipinski definition) is 1. The van der Waals surface area contributed by atoms with Crippen LogP contribution in [0.25, 0.3) is 0 Å². The summed E-state index contributed by atoms with van der Waals surface area (Å²) in [6, 6.07) is 12.4. The molecule has 0 aliphatic heterocycles. The summed E-state index contributed by atoms with van der Waals surface area (Å²) in [5.41, 5.74) is 3.48. The topological polar surface area (TPSA) is 30.5 Å². The highest BCUT2D eigenvalue weighted by Crippen LogP contribution is 2.36. The largest absolute Gasteiger partial charge is 0.490 e. The van der Waals surface area contributed by atoms with Gasteiger partial charge in [-0.2, -0.15) is 0 Å². The highest BCUT2D eigenvalue weighted by atomic mass is 35.5. The van der Waals surface area contributed by atoms with Crippen LogP contribution >= 0.6 is 11.6 Å². The Kier molecular flexibility index (Phi) is 6.60. The summed E-state index contributed by atoms with van der Waals surface area (Å²) in [6.45, 7) is 7.84. The molecule has 0 atom stereocenters. The highest BCUT2D eigenvalue weighted by molar-refractivity contribution is 6.32. The third-order valence-corrected chi connectivity index (χ3v) is 3.80. The second-order valence-electron chi connectivity index (χ2n) is 5.17. The standard InChI is InChI=1S/C19H24ClNO2/c1-4-14-7-9-16(10-8-14)21-13-15-11-17(20)19(23-6-3)18(12-15)22-5-2/h7-12,21H,4-6,13H2,1-3H3. The van der Waals surface area contributed by atoms with Crippen LogP contribution in [0.5, 0.6) is 11.5 Å². The molecule has 2 rings (SSSR count). The highest BCUT2D eigenvalue weighted by Gasteiger charge is 2.12. The monoisotopic (exact) mass is 333 g/mol. The van der Waals surface area contributed by atoms with Crippen molar-refractivity contribution in [3.8, 4) is 11.5 Å². The molecule has 1 N–H and O–H groups in total. The number of nitrogens with one attached hydrogen (secondary N) is 1. The molecule has 0 aliphatic carbocycles. The smallest absolute Gasteiger partial charge is 0.179 e. The van der Waals surface area contributed by atoms with Gasteiger partial charge in [-0.25, -0.2) is 0 Å². The van der Waals surface area contributed by atoms with E-state index in [4.69, 9.17) is 21.1 Å². The van der Waals surface area contributed by atoms with Crippen molar-refractivity contribution in [2.75, 3.05) is 18.5 Å². The maximum atomic E-state index is 6.34. The quantitative estimate of drug-likeness (QED) is 0.710. The fourth-order valence-corrected chi connectivity index (χ4v) is 2.62. The minimum absolute atomic E-state index is 0.557. The first kappa shape index (κ1) is 17.5. The van der Waals surface area contributed by atoms with E-state index in [-0.39, 0.29) is 0 Å². The molecule has 0 bridgehead atoms. The van der Waals surface area contributed by atoms with Crippen molar-refractivity contribution in [3.05, 3.63) is 52.5 Å². The molecule has 0 saturated carbocycles. The van der Waals surface area contributed by atoms with Crippen molar-refractivity contribution in [3.63, 3.8) is 0 Å². The number of aryl methyl sites for hydroxylation is 1. The number of ether oxygens (including phenoxy) is 2. The zero-order valence-corrected chi connectivity index (χ0v) is 14.7. The molecule has 124 valence electrons. The van der Waals surface area contributed by atoms with Crippen molar-refractivity contribution in [1.29, 1.82) is 0 Å². The van der Waals surface area contributed by atoms with Crippen LogP contribution in [0.4, 0.5) is 5.69 Å². The minimum atomic E-state index is 0.557. The fourth-order valence-electron chi connectivity index (χ4n) is 2.33. The first-order chi connectivity index (χ1) is 11.2. The van der Waals surface area contributed by atoms with Gasteiger partial charge in [-0.3, -0.25) is 0 Å². The van der Waals surface area contributed by atoms with Gasteiger partial charge in [0.1, 0.15) is 0 Å². The molecule has 0 heterocycles. The molecule has 0 amide bonds. The molecular weight excluding hydrogens is 310 g/mol. The molecule has 2 aromatic carbocycles. The van der Waals surface area contributed by atoms with Crippen molar-refractivity contribution in [1.82, 2.24) is 0 Å². The van der Waals surface area contributed by atoms with Gasteiger partial charge in [0.05, 0.1) is 18.2 Å². The first-order valence-corrected chi connectivity index (χ1v) is 8.46. The van der Waals surface area contributed by atoms with Gasteiger partial charge >= 0.3 is 0 Å². The molecule has 2 aromatic rings. The minimum Gasteiger partial charge on any atom is -0.490 e. The Morgan fingerprint density at radius 3 is 2.22 bits per heavy atom. The maximum Gasteiger partial charge on any atom is 0.179 e. The Labute approximate surface area is 143 Å². The van der Waals surface area contributed by atoms with Gasteiger partial charge in [0.25, 0.3) is 0 Å². The average molecular weight is 334 g/mol. The van der Waals surface area contributed by atoms with Crippen molar-refractivity contribution < 1.29 is 9.47 Å². The summed E-state index contributed by atoms with van der Waals surface area (Å²) in [5.74, 6) is 1.31. The Morgan fingerprint density at radius 1 is 0.913 bits per heavy atom. The van der Waals surface area contributed by atoms with E-state index in [0.717, 1.165) is 17.7 Å². The zero-order valence-electron chi connectivity index (χ0n) is 14.0. The predicted octanol–water partition coefficient (Wildman–Crippen LogP) is 5.31.